The minimum absolute atomic E-state index is 0.0417. The topological polar surface area (TPSA) is 108 Å². The standard InChI is InChI=1S/2C4H5NO.2C3H7.C2H6N.Ti/c2*1-4(6)2-3-5;2*1-3-2;1-2-3;/h2*2H2,1H3;2*3H,1-2H3;1-3H2;. The van der Waals surface area contributed by atoms with Crippen LogP contribution in [0.4, 0.5) is 0 Å². The fourth-order valence-electron chi connectivity index (χ4n) is 1.63. The average Bonchev–Trinajstić information content (AvgIpc) is 2.36. The van der Waals surface area contributed by atoms with Gasteiger partial charge >= 0.3 is 71.0 Å². The Morgan fingerprint density at radius 3 is 1.32 bits per heavy atom. The second-order valence-corrected chi connectivity index (χ2v) is 11.7. The van der Waals surface area contributed by atoms with Gasteiger partial charge in [-0.05, 0) is 13.8 Å². The van der Waals surface area contributed by atoms with Crippen LogP contribution in [0.25, 0.3) is 0 Å². The summed E-state index contributed by atoms with van der Waals surface area (Å²) in [6, 6.07) is 3.44. The predicted octanol–water partition coefficient (Wildman–Crippen LogP) is 3.62. The van der Waals surface area contributed by atoms with E-state index in [-0.39, 0.29) is 24.4 Å². The molecule has 2 N–H and O–H groups in total. The van der Waals surface area contributed by atoms with Gasteiger partial charge in [-0.25, -0.2) is 0 Å². The first-order valence-corrected chi connectivity index (χ1v) is 10.3. The number of carbonyl (C=O) groups excluding carboxylic acids is 2. The summed E-state index contributed by atoms with van der Waals surface area (Å²) < 4.78 is 3.24. The Balaban J connectivity index is -0.000000261. The third-order valence-electron chi connectivity index (χ3n) is 2.57. The maximum absolute atomic E-state index is 9.82. The van der Waals surface area contributed by atoms with Crippen LogP contribution < -0.4 is 5.73 Å². The molecule has 22 heavy (non-hydrogen) atoms. The van der Waals surface area contributed by atoms with E-state index >= 15 is 0 Å². The van der Waals surface area contributed by atoms with Crippen molar-refractivity contribution < 1.29 is 27.5 Å². The van der Waals surface area contributed by atoms with Crippen LogP contribution in [0, 0.1) is 22.7 Å². The Morgan fingerprint density at radius 2 is 1.27 bits per heavy atom. The molecule has 0 aliphatic rings. The van der Waals surface area contributed by atoms with Crippen molar-refractivity contribution in [1.29, 1.82) is 10.5 Å². The van der Waals surface area contributed by atoms with E-state index in [1.165, 1.54) is 18.6 Å². The summed E-state index contributed by atoms with van der Waals surface area (Å²) in [5.41, 5.74) is 5.55. The van der Waals surface area contributed by atoms with Gasteiger partial charge in [0.05, 0.1) is 25.0 Å². The molecular formula is C16H30N3O2Ti. The van der Waals surface area contributed by atoms with Gasteiger partial charge in [0, 0.05) is 0 Å². The first-order chi connectivity index (χ1) is 10.1. The third kappa shape index (κ3) is 24.0. The van der Waals surface area contributed by atoms with Crippen LogP contribution >= 0.6 is 0 Å². The second-order valence-electron chi connectivity index (χ2n) is 5.50. The van der Waals surface area contributed by atoms with Gasteiger partial charge < -0.3 is 0 Å². The SMILES string of the molecule is CC(=O)CC#N.CC(=O)CC#N.C[CH](C)[Ti]([CH2]CN)[CH](C)C. The first kappa shape index (κ1) is 25.9. The molecule has 0 aromatic rings. The fourth-order valence-corrected chi connectivity index (χ4v) is 6.04. The van der Waals surface area contributed by atoms with E-state index in [0.29, 0.717) is 0 Å². The van der Waals surface area contributed by atoms with Gasteiger partial charge in [-0.3, -0.25) is 9.59 Å². The Morgan fingerprint density at radius 1 is 0.955 bits per heavy atom. The molecule has 125 valence electrons. The summed E-state index contributed by atoms with van der Waals surface area (Å²) in [6.07, 6.45) is 0.0833. The number of Topliss-reactive ketones (excluding diaryl/α,β-unsaturated/α-hetero) is 2. The molecule has 0 saturated heterocycles. The zero-order valence-corrected chi connectivity index (χ0v) is 16.3. The molecule has 0 aliphatic heterocycles. The van der Waals surface area contributed by atoms with Crippen molar-refractivity contribution in [3.63, 3.8) is 0 Å². The third-order valence-corrected chi connectivity index (χ3v) is 8.56. The molecule has 0 aromatic carbocycles. The molecule has 0 saturated carbocycles. The quantitative estimate of drug-likeness (QED) is 0.740. The summed E-state index contributed by atoms with van der Waals surface area (Å²) in [5.74, 6) is -0.144. The number of ketones is 2. The number of hydrogen-bond acceptors (Lipinski definition) is 5. The van der Waals surface area contributed by atoms with Gasteiger partial charge in [0.25, 0.3) is 0 Å². The van der Waals surface area contributed by atoms with Crippen LogP contribution in [0.2, 0.25) is 13.2 Å². The fraction of sp³-hybridized carbons (Fsp3) is 0.750. The summed E-state index contributed by atoms with van der Waals surface area (Å²) in [4.78, 5) is 19.6. The Kier molecular flexibility index (Phi) is 21.3. The summed E-state index contributed by atoms with van der Waals surface area (Å²) in [6.45, 7) is 13.1. The maximum atomic E-state index is 9.82. The first-order valence-electron chi connectivity index (χ1n) is 7.42. The molecule has 6 heteroatoms. The molecular weight excluding hydrogens is 314 g/mol. The molecule has 0 atom stereocenters. The summed E-state index contributed by atoms with van der Waals surface area (Å²) >= 11 is -0.769. The Bertz CT molecular complexity index is 348. The van der Waals surface area contributed by atoms with E-state index in [2.05, 4.69) is 27.7 Å². The zero-order valence-electron chi connectivity index (χ0n) is 14.8. The average molecular weight is 344 g/mol. The van der Waals surface area contributed by atoms with E-state index in [1.54, 1.807) is 12.1 Å². The van der Waals surface area contributed by atoms with E-state index in [9.17, 15) is 9.59 Å². The molecule has 0 rings (SSSR count). The predicted molar refractivity (Wildman–Crippen MR) is 85.9 cm³/mol. The van der Waals surface area contributed by atoms with Crippen molar-refractivity contribution in [2.24, 2.45) is 5.73 Å². The number of hydrogen-bond donors (Lipinski definition) is 1. The van der Waals surface area contributed by atoms with Crippen LogP contribution in [-0.2, 0) is 27.5 Å². The molecule has 0 aliphatic carbocycles. The molecule has 0 amide bonds. The minimum atomic E-state index is -0.769. The van der Waals surface area contributed by atoms with Crippen molar-refractivity contribution in [3.05, 3.63) is 0 Å². The van der Waals surface area contributed by atoms with E-state index in [4.69, 9.17) is 16.3 Å². The van der Waals surface area contributed by atoms with Gasteiger partial charge in [0.2, 0.25) is 0 Å². The van der Waals surface area contributed by atoms with Crippen LogP contribution in [0.1, 0.15) is 54.4 Å². The van der Waals surface area contributed by atoms with Gasteiger partial charge in [0.1, 0.15) is 11.6 Å². The molecule has 0 bridgehead atoms. The van der Waals surface area contributed by atoms with Crippen molar-refractivity contribution in [2.75, 3.05) is 6.54 Å². The van der Waals surface area contributed by atoms with E-state index in [0.717, 1.165) is 15.0 Å². The molecule has 0 fully saturated rings. The van der Waals surface area contributed by atoms with E-state index in [1.807, 2.05) is 0 Å². The molecule has 0 radical (unpaired) electrons. The molecule has 0 heterocycles. The number of rotatable bonds is 6. The molecule has 0 spiro atoms. The normalized spacial score (nSPS) is 8.68. The van der Waals surface area contributed by atoms with Crippen molar-refractivity contribution in [2.45, 2.75) is 67.6 Å². The monoisotopic (exact) mass is 344 g/mol. The zero-order chi connectivity index (χ0) is 18.1. The van der Waals surface area contributed by atoms with Crippen molar-refractivity contribution in [3.8, 4) is 12.1 Å². The molecule has 0 aromatic heterocycles. The van der Waals surface area contributed by atoms with Gasteiger partial charge in [0.15, 0.2) is 0 Å². The summed E-state index contributed by atoms with van der Waals surface area (Å²) in [7, 11) is 0. The number of carbonyl (C=O) groups is 2. The second kappa shape index (κ2) is 18.0. The van der Waals surface area contributed by atoms with Crippen molar-refractivity contribution in [1.82, 2.24) is 0 Å². The van der Waals surface area contributed by atoms with Gasteiger partial charge in [-0.15, -0.1) is 0 Å². The van der Waals surface area contributed by atoms with E-state index < -0.39 is 17.9 Å². The molecule has 5 nitrogen and oxygen atoms in total. The van der Waals surface area contributed by atoms with Crippen molar-refractivity contribution >= 4 is 11.6 Å². The van der Waals surface area contributed by atoms with Crippen LogP contribution in [-0.4, -0.2) is 18.1 Å². The van der Waals surface area contributed by atoms with Gasteiger partial charge in [-0.2, -0.15) is 10.5 Å². The Hall–Kier alpha value is -1.01. The number of nitrogens with zero attached hydrogens (tertiary/aromatic N) is 2. The van der Waals surface area contributed by atoms with Gasteiger partial charge in [-0.1, -0.05) is 0 Å². The van der Waals surface area contributed by atoms with Crippen LogP contribution in [0.5, 0.6) is 0 Å². The number of nitrogens with two attached hydrogens (primary N) is 1. The van der Waals surface area contributed by atoms with Crippen LogP contribution in [0.15, 0.2) is 0 Å². The van der Waals surface area contributed by atoms with Crippen LogP contribution in [0.3, 0.4) is 0 Å². The number of nitriles is 2. The molecule has 0 unspecified atom stereocenters. The summed E-state index contributed by atoms with van der Waals surface area (Å²) in [5, 5.41) is 15.5. The Labute approximate surface area is 141 Å².